The predicted octanol–water partition coefficient (Wildman–Crippen LogP) is 3.39. The molecule has 0 amide bonds. The van der Waals surface area contributed by atoms with Gasteiger partial charge in [0.15, 0.2) is 0 Å². The monoisotopic (exact) mass is 309 g/mol. The van der Waals surface area contributed by atoms with Crippen molar-refractivity contribution in [3.8, 4) is 0 Å². The zero-order valence-electron chi connectivity index (χ0n) is 11.7. The third kappa shape index (κ3) is 2.12. The maximum Gasteiger partial charge on any atom is 0.261 e. The van der Waals surface area contributed by atoms with Crippen LogP contribution >= 0.6 is 11.6 Å². The van der Waals surface area contributed by atoms with Crippen LogP contribution in [-0.2, 0) is 6.54 Å². The Morgan fingerprint density at radius 2 is 2.18 bits per heavy atom. The van der Waals surface area contributed by atoms with Gasteiger partial charge < -0.3 is 0 Å². The van der Waals surface area contributed by atoms with Crippen LogP contribution < -0.4 is 5.56 Å². The summed E-state index contributed by atoms with van der Waals surface area (Å²) in [4.78, 5) is 21.4. The quantitative estimate of drug-likeness (QED) is 0.692. The fraction of sp³-hybridized carbons (Fsp3) is 0.118. The van der Waals surface area contributed by atoms with Crippen LogP contribution in [0.4, 0.5) is 0 Å². The molecule has 0 spiro atoms. The van der Waals surface area contributed by atoms with E-state index in [4.69, 9.17) is 11.6 Å². The zero-order chi connectivity index (χ0) is 15.1. The molecule has 2 aromatic heterocycles. The number of allylic oxidation sites excluding steroid dienone is 1. The minimum Gasteiger partial charge on any atom is -0.292 e. The molecule has 1 aliphatic rings. The Morgan fingerprint density at radius 1 is 1.27 bits per heavy atom. The molecule has 0 unspecified atom stereocenters. The van der Waals surface area contributed by atoms with Crippen LogP contribution in [0.25, 0.3) is 22.6 Å². The Bertz CT molecular complexity index is 961. The number of benzene rings is 1. The van der Waals surface area contributed by atoms with Gasteiger partial charge >= 0.3 is 0 Å². The molecule has 0 saturated heterocycles. The number of rotatable bonds is 1. The van der Waals surface area contributed by atoms with Crippen LogP contribution in [0.3, 0.4) is 0 Å². The van der Waals surface area contributed by atoms with E-state index in [1.807, 2.05) is 18.2 Å². The molecule has 1 aromatic carbocycles. The van der Waals surface area contributed by atoms with Gasteiger partial charge in [-0.3, -0.25) is 14.3 Å². The third-order valence-electron chi connectivity index (χ3n) is 3.83. The molecule has 0 N–H and O–H groups in total. The molecule has 5 heteroatoms. The van der Waals surface area contributed by atoms with Gasteiger partial charge in [-0.25, -0.2) is 4.98 Å². The maximum absolute atomic E-state index is 12.6. The van der Waals surface area contributed by atoms with Crippen molar-refractivity contribution in [1.29, 1.82) is 0 Å². The molecule has 0 bridgehead atoms. The van der Waals surface area contributed by atoms with Crippen molar-refractivity contribution in [3.63, 3.8) is 0 Å². The van der Waals surface area contributed by atoms with Gasteiger partial charge in [0.2, 0.25) is 0 Å². The van der Waals surface area contributed by atoms with E-state index in [-0.39, 0.29) is 5.56 Å². The number of fused-ring (bicyclic) bond motifs is 2. The second-order valence-electron chi connectivity index (χ2n) is 5.26. The molecular formula is C17H12ClN3O. The average Bonchev–Trinajstić information content (AvgIpc) is 2.93. The summed E-state index contributed by atoms with van der Waals surface area (Å²) in [5.74, 6) is 0.740. The number of halogens is 1. The normalized spacial score (nSPS) is 15.4. The standard InChI is InChI=1S/C17H12ClN3O/c18-13-3-4-15-14(9-13)17(22)21-7-5-12(16(21)20-15)8-11-2-1-6-19-10-11/h1-4,6,8-10H,5,7H2/b12-8+. The Kier molecular flexibility index (Phi) is 3.05. The lowest BCUT2D eigenvalue weighted by atomic mass is 10.1. The third-order valence-corrected chi connectivity index (χ3v) is 4.07. The number of hydrogen-bond acceptors (Lipinski definition) is 3. The fourth-order valence-corrected chi connectivity index (χ4v) is 2.96. The molecular weight excluding hydrogens is 298 g/mol. The van der Waals surface area contributed by atoms with Gasteiger partial charge in [-0.05, 0) is 47.9 Å². The molecule has 0 atom stereocenters. The van der Waals surface area contributed by atoms with Gasteiger partial charge in [-0.1, -0.05) is 17.7 Å². The lowest BCUT2D eigenvalue weighted by Gasteiger charge is -2.05. The van der Waals surface area contributed by atoms with Crippen LogP contribution in [0.1, 0.15) is 17.8 Å². The summed E-state index contributed by atoms with van der Waals surface area (Å²) in [7, 11) is 0. The van der Waals surface area contributed by atoms with Gasteiger partial charge in [0.1, 0.15) is 5.82 Å². The summed E-state index contributed by atoms with van der Waals surface area (Å²) in [6.45, 7) is 0.649. The van der Waals surface area contributed by atoms with E-state index in [0.717, 1.165) is 23.4 Å². The Labute approximate surface area is 131 Å². The largest absolute Gasteiger partial charge is 0.292 e. The van der Waals surface area contributed by atoms with Gasteiger partial charge in [0.05, 0.1) is 10.9 Å². The molecule has 4 nitrogen and oxygen atoms in total. The van der Waals surface area contributed by atoms with Crippen molar-refractivity contribution in [3.05, 3.63) is 69.5 Å². The molecule has 108 valence electrons. The first-order valence-electron chi connectivity index (χ1n) is 7.03. The van der Waals surface area contributed by atoms with E-state index in [2.05, 4.69) is 9.97 Å². The van der Waals surface area contributed by atoms with Crippen LogP contribution in [0, 0.1) is 0 Å². The smallest absolute Gasteiger partial charge is 0.261 e. The van der Waals surface area contributed by atoms with Gasteiger partial charge in [-0.2, -0.15) is 0 Å². The van der Waals surface area contributed by atoms with Crippen molar-refractivity contribution < 1.29 is 0 Å². The summed E-state index contributed by atoms with van der Waals surface area (Å²) < 4.78 is 1.72. The van der Waals surface area contributed by atoms with Gasteiger partial charge in [0.25, 0.3) is 5.56 Å². The van der Waals surface area contributed by atoms with E-state index >= 15 is 0 Å². The molecule has 3 heterocycles. The van der Waals surface area contributed by atoms with Gasteiger partial charge in [0, 0.05) is 24.0 Å². The Morgan fingerprint density at radius 3 is 3.00 bits per heavy atom. The van der Waals surface area contributed by atoms with Crippen LogP contribution in [0.15, 0.2) is 47.5 Å². The number of hydrogen-bond donors (Lipinski definition) is 0. The highest BCUT2D eigenvalue weighted by Crippen LogP contribution is 2.27. The molecule has 0 fully saturated rings. The minimum absolute atomic E-state index is 0.0305. The summed E-state index contributed by atoms with van der Waals surface area (Å²) in [5.41, 5.74) is 2.72. The van der Waals surface area contributed by atoms with Crippen LogP contribution in [0.2, 0.25) is 5.02 Å². The molecule has 1 aliphatic heterocycles. The van der Waals surface area contributed by atoms with Crippen molar-refractivity contribution in [2.24, 2.45) is 0 Å². The SMILES string of the molecule is O=c1c2cc(Cl)ccc2nc2n1CC/C2=C\c1cccnc1. The first kappa shape index (κ1) is 13.2. The van der Waals surface area contributed by atoms with E-state index in [0.29, 0.717) is 22.5 Å². The Balaban J connectivity index is 1.92. The van der Waals surface area contributed by atoms with Crippen LogP contribution in [0.5, 0.6) is 0 Å². The fourth-order valence-electron chi connectivity index (χ4n) is 2.79. The molecule has 4 rings (SSSR count). The minimum atomic E-state index is -0.0305. The topological polar surface area (TPSA) is 47.8 Å². The lowest BCUT2D eigenvalue weighted by molar-refractivity contribution is 0.725. The molecule has 3 aromatic rings. The highest BCUT2D eigenvalue weighted by atomic mass is 35.5. The lowest BCUT2D eigenvalue weighted by Crippen LogP contribution is -2.20. The first-order chi connectivity index (χ1) is 10.7. The highest BCUT2D eigenvalue weighted by molar-refractivity contribution is 6.31. The van der Waals surface area contributed by atoms with Gasteiger partial charge in [-0.15, -0.1) is 0 Å². The second-order valence-corrected chi connectivity index (χ2v) is 5.70. The van der Waals surface area contributed by atoms with Crippen molar-refractivity contribution in [2.45, 2.75) is 13.0 Å². The Hall–Kier alpha value is -2.46. The van der Waals surface area contributed by atoms with E-state index in [1.165, 1.54) is 0 Å². The number of nitrogens with zero attached hydrogens (tertiary/aromatic N) is 3. The van der Waals surface area contributed by atoms with Crippen LogP contribution in [-0.4, -0.2) is 14.5 Å². The van der Waals surface area contributed by atoms with Crippen molar-refractivity contribution >= 4 is 34.2 Å². The van der Waals surface area contributed by atoms with E-state index in [1.54, 1.807) is 35.2 Å². The number of aromatic nitrogens is 3. The maximum atomic E-state index is 12.6. The molecule has 0 radical (unpaired) electrons. The van der Waals surface area contributed by atoms with Crippen molar-refractivity contribution in [1.82, 2.24) is 14.5 Å². The summed E-state index contributed by atoms with van der Waals surface area (Å²) in [6, 6.07) is 9.11. The predicted molar refractivity (Wildman–Crippen MR) is 87.7 cm³/mol. The first-order valence-corrected chi connectivity index (χ1v) is 7.41. The number of pyridine rings is 1. The van der Waals surface area contributed by atoms with E-state index in [9.17, 15) is 4.79 Å². The summed E-state index contributed by atoms with van der Waals surface area (Å²) in [6.07, 6.45) is 6.38. The average molecular weight is 310 g/mol. The van der Waals surface area contributed by atoms with E-state index < -0.39 is 0 Å². The zero-order valence-corrected chi connectivity index (χ0v) is 12.4. The summed E-state index contributed by atoms with van der Waals surface area (Å²) in [5, 5.41) is 1.12. The molecule has 0 aliphatic carbocycles. The molecule has 0 saturated carbocycles. The summed E-state index contributed by atoms with van der Waals surface area (Å²) >= 11 is 5.98. The second kappa shape index (κ2) is 5.07. The molecule has 22 heavy (non-hydrogen) atoms. The highest BCUT2D eigenvalue weighted by Gasteiger charge is 2.20. The van der Waals surface area contributed by atoms with Crippen molar-refractivity contribution in [2.75, 3.05) is 0 Å².